The first kappa shape index (κ1) is 30.6. The van der Waals surface area contributed by atoms with Crippen molar-refractivity contribution in [3.05, 3.63) is 105 Å². The van der Waals surface area contributed by atoms with E-state index in [0.29, 0.717) is 35.1 Å². The van der Waals surface area contributed by atoms with Crippen LogP contribution in [0.1, 0.15) is 72.6 Å². The summed E-state index contributed by atoms with van der Waals surface area (Å²) in [6.45, 7) is 11.2. The number of rotatable bonds is 7. The molecule has 0 radical (unpaired) electrons. The van der Waals surface area contributed by atoms with Crippen molar-refractivity contribution in [2.45, 2.75) is 78.7 Å². The van der Waals surface area contributed by atoms with Gasteiger partial charge in [0.1, 0.15) is 0 Å². The lowest BCUT2D eigenvalue weighted by Gasteiger charge is -2.46. The summed E-state index contributed by atoms with van der Waals surface area (Å²) in [4.78, 5) is 7.70. The average Bonchev–Trinajstić information content (AvgIpc) is 3.62. The molecule has 0 aromatic rings. The minimum atomic E-state index is 0.0860. The molecule has 2 saturated carbocycles. The lowest BCUT2D eigenvalue weighted by Crippen LogP contribution is -2.42. The first-order chi connectivity index (χ1) is 21.9. The zero-order valence-corrected chi connectivity index (χ0v) is 28.4. The minimum Gasteiger partial charge on any atom is -0.365 e. The Kier molecular flexibility index (Phi) is 8.37. The minimum absolute atomic E-state index is 0.0860. The number of terminal acetylenes is 1. The highest BCUT2D eigenvalue weighted by Crippen LogP contribution is 2.57. The van der Waals surface area contributed by atoms with Crippen LogP contribution in [-0.2, 0) is 0 Å². The van der Waals surface area contributed by atoms with Gasteiger partial charge in [-0.1, -0.05) is 98.5 Å². The molecule has 0 N–H and O–H groups in total. The second kappa shape index (κ2) is 12.3. The van der Waals surface area contributed by atoms with E-state index in [1.165, 1.54) is 66.5 Å². The van der Waals surface area contributed by atoms with Crippen LogP contribution in [0.15, 0.2) is 110 Å². The molecule has 234 valence electrons. The van der Waals surface area contributed by atoms with Gasteiger partial charge in [-0.15, -0.1) is 6.42 Å². The van der Waals surface area contributed by atoms with E-state index in [1.54, 1.807) is 5.57 Å². The Morgan fingerprint density at radius 2 is 2.00 bits per heavy atom. The normalized spacial score (nSPS) is 37.8. The molecule has 6 unspecified atom stereocenters. The Hall–Kier alpha value is -3.02. The molecule has 2 bridgehead atoms. The smallest absolute Gasteiger partial charge is 0.0649 e. The van der Waals surface area contributed by atoms with Crippen LogP contribution in [0.4, 0.5) is 0 Å². The molecule has 0 spiro atoms. The molecule has 7 aliphatic rings. The molecule has 1 aliphatic heterocycles. The van der Waals surface area contributed by atoms with E-state index >= 15 is 0 Å². The molecule has 7 rings (SSSR count). The van der Waals surface area contributed by atoms with Gasteiger partial charge in [-0.2, -0.15) is 0 Å². The highest BCUT2D eigenvalue weighted by molar-refractivity contribution is 6.30. The molecule has 0 aromatic carbocycles. The summed E-state index contributed by atoms with van der Waals surface area (Å²) >= 11 is 7.45. The number of hydrogen-bond acceptors (Lipinski definition) is 2. The number of hydrogen-bond donors (Lipinski definition) is 0. The van der Waals surface area contributed by atoms with E-state index in [0.717, 1.165) is 30.3 Å². The van der Waals surface area contributed by atoms with Crippen LogP contribution in [-0.4, -0.2) is 29.7 Å². The molecule has 2 nitrogen and oxygen atoms in total. The maximum atomic E-state index is 7.45. The molecule has 0 saturated heterocycles. The highest BCUT2D eigenvalue weighted by Gasteiger charge is 2.49. The third-order valence-electron chi connectivity index (χ3n) is 12.4. The maximum absolute atomic E-state index is 7.45. The fraction of sp³-hybridized carbons (Fsp3) is 0.500. The summed E-state index contributed by atoms with van der Waals surface area (Å²) in [7, 11) is 0. The number of nitrogens with zero attached hydrogens (tertiary/aromatic N) is 2. The lowest BCUT2D eigenvalue weighted by atomic mass is 9.60. The van der Waals surface area contributed by atoms with Crippen LogP contribution in [0.3, 0.4) is 0 Å². The van der Waals surface area contributed by atoms with Crippen LogP contribution >= 0.6 is 11.6 Å². The summed E-state index contributed by atoms with van der Waals surface area (Å²) in [5, 5.41) is 1.09. The monoisotopic (exact) mass is 616 g/mol. The largest absolute Gasteiger partial charge is 0.365 e. The van der Waals surface area contributed by atoms with Gasteiger partial charge < -0.3 is 4.90 Å². The summed E-state index contributed by atoms with van der Waals surface area (Å²) < 4.78 is 0. The second-order valence-electron chi connectivity index (χ2n) is 14.5. The second-order valence-corrected chi connectivity index (χ2v) is 14.9. The van der Waals surface area contributed by atoms with Gasteiger partial charge in [-0.05, 0) is 104 Å². The Balaban J connectivity index is 1.20. The van der Waals surface area contributed by atoms with Gasteiger partial charge in [0.05, 0.1) is 11.8 Å². The van der Waals surface area contributed by atoms with Gasteiger partial charge in [0.25, 0.3) is 0 Å². The molecule has 45 heavy (non-hydrogen) atoms. The number of fused-ring (bicyclic) bond motifs is 3. The Bertz CT molecular complexity index is 1590. The van der Waals surface area contributed by atoms with Crippen molar-refractivity contribution in [1.82, 2.24) is 4.90 Å². The SMILES string of the molecule is C#CC1C=CC(C(/C=C/C2=C(Cl)C(C/C=C3\C4=C5C(CCC[C@]5(C)C(C)C=C4)N3CC)C3CCC2C3)=NCC)=C2C=CC=C[C@H]21. The summed E-state index contributed by atoms with van der Waals surface area (Å²) in [5.74, 6) is 5.49. The van der Waals surface area contributed by atoms with E-state index in [1.807, 2.05) is 0 Å². The molecule has 6 aliphatic carbocycles. The Labute approximate surface area is 276 Å². The molecule has 3 heteroatoms. The van der Waals surface area contributed by atoms with Crippen LogP contribution < -0.4 is 0 Å². The fourth-order valence-corrected chi connectivity index (χ4v) is 10.3. The summed E-state index contributed by atoms with van der Waals surface area (Å²) in [5.41, 5.74) is 9.83. The Morgan fingerprint density at radius 1 is 1.13 bits per heavy atom. The van der Waals surface area contributed by atoms with E-state index in [-0.39, 0.29) is 11.8 Å². The van der Waals surface area contributed by atoms with Gasteiger partial charge in [0.2, 0.25) is 0 Å². The zero-order valence-electron chi connectivity index (χ0n) is 27.6. The van der Waals surface area contributed by atoms with Crippen molar-refractivity contribution in [2.24, 2.45) is 45.9 Å². The number of likely N-dealkylation sites (N-methyl/N-ethyl adjacent to an activating group) is 1. The topological polar surface area (TPSA) is 15.6 Å². The number of halogens is 1. The van der Waals surface area contributed by atoms with E-state index in [2.05, 4.69) is 105 Å². The fourth-order valence-electron chi connectivity index (χ4n) is 9.85. The third-order valence-corrected chi connectivity index (χ3v) is 12.9. The molecular weight excluding hydrogens is 568 g/mol. The molecule has 8 atom stereocenters. The van der Waals surface area contributed by atoms with Gasteiger partial charge in [-0.25, -0.2) is 0 Å². The van der Waals surface area contributed by atoms with Gasteiger partial charge >= 0.3 is 0 Å². The van der Waals surface area contributed by atoms with Crippen molar-refractivity contribution in [2.75, 3.05) is 13.1 Å². The van der Waals surface area contributed by atoms with Crippen molar-refractivity contribution in [3.8, 4) is 12.3 Å². The van der Waals surface area contributed by atoms with Crippen LogP contribution in [0.25, 0.3) is 0 Å². The zero-order chi connectivity index (χ0) is 31.3. The molecule has 1 heterocycles. The van der Waals surface area contributed by atoms with Crippen LogP contribution in [0.2, 0.25) is 0 Å². The van der Waals surface area contributed by atoms with Gasteiger partial charge in [-0.3, -0.25) is 4.99 Å². The quantitative estimate of drug-likeness (QED) is 0.205. The van der Waals surface area contributed by atoms with Crippen molar-refractivity contribution in [3.63, 3.8) is 0 Å². The standard InChI is InChI=1S/C42H49ClN2/c1-6-28-18-20-35(34-13-10-9-12-31(28)34)37(44-7-2)23-21-32-29-16-17-30(26-29)33(41(32)43)22-24-38-36-19-15-27(4)42(5)25-11-14-39(40(36)42)45(38)8-3/h1,9-10,12-13,15,18-21,23-24,27-31,33,39H,7-8,11,14,16-17,22,25-26H2,2-5H3/b23-21+,38-24+,44-37?/t27?,28?,29?,30?,31-,33?,39?,42+/m0/s1. The van der Waals surface area contributed by atoms with E-state index < -0.39 is 0 Å². The van der Waals surface area contributed by atoms with Crippen molar-refractivity contribution >= 4 is 17.3 Å². The number of allylic oxidation sites excluding steroid dienone is 15. The van der Waals surface area contributed by atoms with Crippen LogP contribution in [0, 0.1) is 53.3 Å². The van der Waals surface area contributed by atoms with Crippen LogP contribution in [0.5, 0.6) is 0 Å². The third kappa shape index (κ3) is 5.06. The van der Waals surface area contributed by atoms with E-state index in [4.69, 9.17) is 23.0 Å². The van der Waals surface area contributed by atoms with E-state index in [9.17, 15) is 0 Å². The average molecular weight is 617 g/mol. The predicted molar refractivity (Wildman–Crippen MR) is 191 cm³/mol. The Morgan fingerprint density at radius 3 is 2.80 bits per heavy atom. The first-order valence-electron chi connectivity index (χ1n) is 17.6. The molecule has 0 amide bonds. The van der Waals surface area contributed by atoms with Gasteiger partial charge in [0, 0.05) is 47.1 Å². The maximum Gasteiger partial charge on any atom is 0.0649 e. The highest BCUT2D eigenvalue weighted by atomic mass is 35.5. The molecule has 0 aromatic heterocycles. The predicted octanol–water partition coefficient (Wildman–Crippen LogP) is 10.1. The molecule has 2 fully saturated rings. The van der Waals surface area contributed by atoms with Gasteiger partial charge in [0.15, 0.2) is 0 Å². The summed E-state index contributed by atoms with van der Waals surface area (Å²) in [6, 6.07) is 0.569. The van der Waals surface area contributed by atoms with Crippen molar-refractivity contribution in [1.29, 1.82) is 0 Å². The first-order valence-corrected chi connectivity index (χ1v) is 18.0. The lowest BCUT2D eigenvalue weighted by molar-refractivity contribution is 0.173. The number of aliphatic imine (C=N–C) groups is 1. The summed E-state index contributed by atoms with van der Waals surface area (Å²) in [6.07, 6.45) is 39.7. The van der Waals surface area contributed by atoms with Crippen molar-refractivity contribution < 1.29 is 0 Å². The molecular formula is C42H49ClN2.